The average Bonchev–Trinajstić information content (AvgIpc) is 3.30. The zero-order valence-corrected chi connectivity index (χ0v) is 19.4. The van der Waals surface area contributed by atoms with E-state index in [1.807, 2.05) is 59.4 Å². The first-order chi connectivity index (χ1) is 15.6. The summed E-state index contributed by atoms with van der Waals surface area (Å²) in [5.74, 6) is 0. The van der Waals surface area contributed by atoms with Crippen LogP contribution in [-0.2, 0) is 6.54 Å². The predicted octanol–water partition coefficient (Wildman–Crippen LogP) is 4.38. The van der Waals surface area contributed by atoms with Gasteiger partial charge in [-0.05, 0) is 56.1 Å². The van der Waals surface area contributed by atoms with Crippen LogP contribution in [0.1, 0.15) is 39.2 Å². The number of fused-ring (bicyclic) bond motifs is 2. The maximum Gasteiger partial charge on any atom is 0.326 e. The van der Waals surface area contributed by atoms with Gasteiger partial charge in [0.25, 0.3) is 0 Å². The van der Waals surface area contributed by atoms with Gasteiger partial charge in [0.1, 0.15) is 0 Å². The number of aryl methyl sites for hydroxylation is 1. The van der Waals surface area contributed by atoms with Crippen LogP contribution in [0.15, 0.2) is 52.1 Å². The SMILES string of the molecule is CC.O=c1[nH]c2ccccc2n1CCCN1CCC(n2c(=O)[nH]c3cc(Cl)ccc32)CC1. The van der Waals surface area contributed by atoms with Crippen molar-refractivity contribution in [3.8, 4) is 0 Å². The second-order valence-corrected chi connectivity index (χ2v) is 8.42. The van der Waals surface area contributed by atoms with Crippen LogP contribution in [0.4, 0.5) is 0 Å². The monoisotopic (exact) mass is 455 g/mol. The summed E-state index contributed by atoms with van der Waals surface area (Å²) < 4.78 is 3.70. The molecule has 0 bridgehead atoms. The minimum Gasteiger partial charge on any atom is -0.306 e. The number of nitrogens with zero attached hydrogens (tertiary/aromatic N) is 3. The van der Waals surface area contributed by atoms with E-state index in [2.05, 4.69) is 14.9 Å². The van der Waals surface area contributed by atoms with Crippen molar-refractivity contribution in [1.29, 1.82) is 0 Å². The standard InChI is InChI=1S/C22H24ClN5O2.C2H6/c23-15-6-7-20-18(14-15)25-22(30)28(20)16-8-12-26(13-9-16)10-3-11-27-19-5-2-1-4-17(19)24-21(27)29;1-2/h1-2,4-7,14,16H,3,8-13H2,(H,24,29)(H,25,30);1-2H3. The normalized spacial score (nSPS) is 15.2. The van der Waals surface area contributed by atoms with Crippen molar-refractivity contribution in [2.45, 2.75) is 45.7 Å². The number of benzene rings is 2. The number of nitrogens with one attached hydrogen (secondary N) is 2. The molecular weight excluding hydrogens is 426 g/mol. The van der Waals surface area contributed by atoms with E-state index in [0.717, 1.165) is 61.0 Å². The van der Waals surface area contributed by atoms with Crippen molar-refractivity contribution in [1.82, 2.24) is 24.0 Å². The molecule has 32 heavy (non-hydrogen) atoms. The molecule has 0 aliphatic carbocycles. The number of piperidine rings is 1. The number of H-pyrrole nitrogens is 2. The van der Waals surface area contributed by atoms with E-state index in [9.17, 15) is 9.59 Å². The van der Waals surface area contributed by atoms with Crippen LogP contribution in [0.3, 0.4) is 0 Å². The molecule has 1 saturated heterocycles. The van der Waals surface area contributed by atoms with Crippen LogP contribution in [0.2, 0.25) is 5.02 Å². The second-order valence-electron chi connectivity index (χ2n) is 7.99. The van der Waals surface area contributed by atoms with E-state index in [-0.39, 0.29) is 17.4 Å². The van der Waals surface area contributed by atoms with Crippen molar-refractivity contribution in [3.05, 3.63) is 68.5 Å². The average molecular weight is 456 g/mol. The molecule has 0 saturated carbocycles. The van der Waals surface area contributed by atoms with Gasteiger partial charge in [-0.1, -0.05) is 37.6 Å². The number of para-hydroxylation sites is 2. The zero-order chi connectivity index (χ0) is 22.7. The fourth-order valence-electron chi connectivity index (χ4n) is 4.65. The van der Waals surface area contributed by atoms with E-state index in [0.29, 0.717) is 11.6 Å². The third-order valence-electron chi connectivity index (χ3n) is 6.14. The molecule has 1 aliphatic rings. The highest BCUT2D eigenvalue weighted by Crippen LogP contribution is 2.26. The Hall–Kier alpha value is -2.77. The van der Waals surface area contributed by atoms with Crippen LogP contribution in [0, 0.1) is 0 Å². The van der Waals surface area contributed by atoms with Crippen molar-refractivity contribution < 1.29 is 0 Å². The molecule has 2 N–H and O–H groups in total. The molecule has 0 amide bonds. The summed E-state index contributed by atoms with van der Waals surface area (Å²) in [7, 11) is 0. The van der Waals surface area contributed by atoms with Gasteiger partial charge in [-0.3, -0.25) is 9.13 Å². The predicted molar refractivity (Wildman–Crippen MR) is 131 cm³/mol. The van der Waals surface area contributed by atoms with E-state index in [4.69, 9.17) is 11.6 Å². The van der Waals surface area contributed by atoms with Gasteiger partial charge in [-0.2, -0.15) is 0 Å². The first-order valence-corrected chi connectivity index (χ1v) is 11.8. The minimum atomic E-state index is -0.0653. The Labute approximate surface area is 191 Å². The molecule has 0 atom stereocenters. The summed E-state index contributed by atoms with van der Waals surface area (Å²) in [6.07, 6.45) is 2.78. The Bertz CT molecular complexity index is 1310. The topological polar surface area (TPSA) is 78.8 Å². The molecule has 5 rings (SSSR count). The molecule has 170 valence electrons. The van der Waals surface area contributed by atoms with Gasteiger partial charge in [-0.25, -0.2) is 9.59 Å². The number of aromatic nitrogens is 4. The van der Waals surface area contributed by atoms with E-state index in [1.54, 1.807) is 6.07 Å². The Morgan fingerprint density at radius 1 is 0.906 bits per heavy atom. The molecule has 0 spiro atoms. The smallest absolute Gasteiger partial charge is 0.306 e. The molecule has 4 aromatic rings. The van der Waals surface area contributed by atoms with Crippen LogP contribution >= 0.6 is 11.6 Å². The van der Waals surface area contributed by atoms with Crippen molar-refractivity contribution in [3.63, 3.8) is 0 Å². The first-order valence-electron chi connectivity index (χ1n) is 11.4. The van der Waals surface area contributed by atoms with Crippen LogP contribution in [-0.4, -0.2) is 43.6 Å². The fourth-order valence-corrected chi connectivity index (χ4v) is 4.82. The van der Waals surface area contributed by atoms with E-state index >= 15 is 0 Å². The number of imidazole rings is 2. The number of likely N-dealkylation sites (tertiary alicyclic amines) is 1. The summed E-state index contributed by atoms with van der Waals surface area (Å²) >= 11 is 6.05. The van der Waals surface area contributed by atoms with Crippen molar-refractivity contribution >= 4 is 33.7 Å². The molecule has 3 heterocycles. The summed E-state index contributed by atoms with van der Waals surface area (Å²) in [5, 5.41) is 0.625. The highest BCUT2D eigenvalue weighted by atomic mass is 35.5. The van der Waals surface area contributed by atoms with Gasteiger partial charge in [0, 0.05) is 30.7 Å². The van der Waals surface area contributed by atoms with E-state index < -0.39 is 0 Å². The number of aromatic amines is 2. The lowest BCUT2D eigenvalue weighted by Gasteiger charge is -2.32. The Kier molecular flexibility index (Phi) is 6.86. The molecule has 7 nitrogen and oxygen atoms in total. The quantitative estimate of drug-likeness (QED) is 0.468. The van der Waals surface area contributed by atoms with Crippen molar-refractivity contribution in [2.24, 2.45) is 0 Å². The highest BCUT2D eigenvalue weighted by molar-refractivity contribution is 6.31. The maximum absolute atomic E-state index is 12.5. The lowest BCUT2D eigenvalue weighted by Crippen LogP contribution is -2.37. The molecule has 1 aliphatic heterocycles. The number of halogens is 1. The largest absolute Gasteiger partial charge is 0.326 e. The van der Waals surface area contributed by atoms with Gasteiger partial charge in [0.05, 0.1) is 22.1 Å². The molecule has 2 aromatic heterocycles. The molecule has 1 fully saturated rings. The van der Waals surface area contributed by atoms with Gasteiger partial charge in [-0.15, -0.1) is 0 Å². The lowest BCUT2D eigenvalue weighted by atomic mass is 10.0. The third-order valence-corrected chi connectivity index (χ3v) is 6.37. The number of rotatable bonds is 5. The zero-order valence-electron chi connectivity index (χ0n) is 18.6. The highest BCUT2D eigenvalue weighted by Gasteiger charge is 2.23. The van der Waals surface area contributed by atoms with Gasteiger partial charge >= 0.3 is 11.4 Å². The van der Waals surface area contributed by atoms with Crippen LogP contribution < -0.4 is 11.4 Å². The summed E-state index contributed by atoms with van der Waals surface area (Å²) in [6, 6.07) is 13.5. The third kappa shape index (κ3) is 4.40. The number of hydrogen-bond donors (Lipinski definition) is 2. The molecule has 0 unspecified atom stereocenters. The molecular formula is C24H30ClN5O2. The van der Waals surface area contributed by atoms with Crippen LogP contribution in [0.5, 0.6) is 0 Å². The van der Waals surface area contributed by atoms with Gasteiger partial charge in [0.2, 0.25) is 0 Å². The first kappa shape index (κ1) is 22.4. The summed E-state index contributed by atoms with van der Waals surface area (Å²) in [4.78, 5) is 32.9. The summed E-state index contributed by atoms with van der Waals surface area (Å²) in [6.45, 7) is 7.53. The Morgan fingerprint density at radius 2 is 1.62 bits per heavy atom. The van der Waals surface area contributed by atoms with Gasteiger partial charge in [0.15, 0.2) is 0 Å². The van der Waals surface area contributed by atoms with Crippen molar-refractivity contribution in [2.75, 3.05) is 19.6 Å². The molecule has 8 heteroatoms. The maximum atomic E-state index is 12.5. The van der Waals surface area contributed by atoms with Crippen LogP contribution in [0.25, 0.3) is 22.1 Å². The Morgan fingerprint density at radius 3 is 2.41 bits per heavy atom. The minimum absolute atomic E-state index is 0.0475. The fraction of sp³-hybridized carbons (Fsp3) is 0.417. The Balaban J connectivity index is 0.00000119. The lowest BCUT2D eigenvalue weighted by molar-refractivity contribution is 0.183. The number of hydrogen-bond acceptors (Lipinski definition) is 3. The molecule has 2 aromatic carbocycles. The van der Waals surface area contributed by atoms with Gasteiger partial charge < -0.3 is 14.9 Å². The second kappa shape index (κ2) is 9.79. The van der Waals surface area contributed by atoms with E-state index in [1.165, 1.54) is 0 Å². The molecule has 0 radical (unpaired) electrons. The summed E-state index contributed by atoms with van der Waals surface area (Å²) in [5.41, 5.74) is 3.44.